The van der Waals surface area contributed by atoms with Gasteiger partial charge in [0.2, 0.25) is 5.60 Å². The molecule has 3 aromatic carbocycles. The van der Waals surface area contributed by atoms with Crippen LogP contribution in [0.15, 0.2) is 91.0 Å². The number of piperidine rings is 1. The Morgan fingerprint density at radius 1 is 0.857 bits per heavy atom. The molecule has 0 saturated carbocycles. The van der Waals surface area contributed by atoms with Crippen molar-refractivity contribution in [2.75, 3.05) is 32.8 Å². The minimum Gasteiger partial charge on any atom is -0.494 e. The molecule has 0 amide bonds. The summed E-state index contributed by atoms with van der Waals surface area (Å²) in [5, 5.41) is 11.5. The van der Waals surface area contributed by atoms with E-state index in [0.29, 0.717) is 30.3 Å². The van der Waals surface area contributed by atoms with Crippen molar-refractivity contribution in [2.45, 2.75) is 24.9 Å². The summed E-state index contributed by atoms with van der Waals surface area (Å²) in [7, 11) is 0. The van der Waals surface area contributed by atoms with Gasteiger partial charge in [-0.25, -0.2) is 4.79 Å². The summed E-state index contributed by atoms with van der Waals surface area (Å²) in [6.45, 7) is 4.00. The van der Waals surface area contributed by atoms with Crippen LogP contribution in [0.25, 0.3) is 0 Å². The van der Waals surface area contributed by atoms with Gasteiger partial charge in [0.05, 0.1) is 13.2 Å². The topological polar surface area (TPSA) is 59.0 Å². The first kappa shape index (κ1) is 26.9. The lowest BCUT2D eigenvalue weighted by atomic mass is 9.86. The van der Waals surface area contributed by atoms with Crippen molar-refractivity contribution < 1.29 is 19.4 Å². The van der Waals surface area contributed by atoms with Crippen molar-refractivity contribution >= 4 is 23.0 Å². The maximum absolute atomic E-state index is 13.2. The van der Waals surface area contributed by atoms with Crippen LogP contribution in [0.4, 0.5) is 0 Å². The van der Waals surface area contributed by atoms with E-state index in [2.05, 4.69) is 4.90 Å². The number of ether oxygens (including phenoxy) is 2. The standard InChI is InChI=1S/C29H33NO4.BrH/c31-28(29(32,25-11-4-1-5-12-25)26-13-6-2-7-14-26)34-23-24-17-20-30(21-18-24)19-10-22-33-27-15-8-3-9-16-27;/h1-9,11-16,24,32H,10,17-23H2;1H. The van der Waals surface area contributed by atoms with E-state index in [1.54, 1.807) is 24.3 Å². The smallest absolute Gasteiger partial charge is 0.347 e. The predicted molar refractivity (Wildman–Crippen MR) is 143 cm³/mol. The third-order valence-corrected chi connectivity index (χ3v) is 6.47. The molecule has 1 fully saturated rings. The third-order valence-electron chi connectivity index (χ3n) is 6.47. The largest absolute Gasteiger partial charge is 0.494 e. The van der Waals surface area contributed by atoms with Gasteiger partial charge in [-0.3, -0.25) is 0 Å². The maximum Gasteiger partial charge on any atom is 0.347 e. The Labute approximate surface area is 218 Å². The number of esters is 1. The number of hydrogen-bond donors (Lipinski definition) is 1. The lowest BCUT2D eigenvalue weighted by molar-refractivity contribution is -0.164. The molecule has 0 radical (unpaired) electrons. The van der Waals surface area contributed by atoms with Gasteiger partial charge in [-0.05, 0) is 61.5 Å². The van der Waals surface area contributed by atoms with Crippen LogP contribution < -0.4 is 4.74 Å². The number of nitrogens with zero attached hydrogens (tertiary/aromatic N) is 1. The molecule has 6 heteroatoms. The van der Waals surface area contributed by atoms with Crippen LogP contribution in [0.3, 0.4) is 0 Å². The maximum atomic E-state index is 13.2. The molecule has 35 heavy (non-hydrogen) atoms. The van der Waals surface area contributed by atoms with Crippen LogP contribution in [0.2, 0.25) is 0 Å². The summed E-state index contributed by atoms with van der Waals surface area (Å²) in [5.74, 6) is 0.593. The molecule has 0 unspecified atom stereocenters. The average Bonchev–Trinajstić information content (AvgIpc) is 2.91. The molecular weight excluding hydrogens is 506 g/mol. The van der Waals surface area contributed by atoms with Crippen molar-refractivity contribution in [1.82, 2.24) is 4.90 Å². The van der Waals surface area contributed by atoms with Crippen molar-refractivity contribution in [3.8, 4) is 5.75 Å². The van der Waals surface area contributed by atoms with E-state index >= 15 is 0 Å². The van der Waals surface area contributed by atoms with E-state index < -0.39 is 11.6 Å². The highest BCUT2D eigenvalue weighted by Crippen LogP contribution is 2.31. The van der Waals surface area contributed by atoms with E-state index in [1.807, 2.05) is 66.7 Å². The third kappa shape index (κ3) is 7.17. The molecular formula is C29H34BrNO4. The molecule has 0 bridgehead atoms. The van der Waals surface area contributed by atoms with Crippen LogP contribution in [0.1, 0.15) is 30.4 Å². The first-order valence-corrected chi connectivity index (χ1v) is 12.1. The fraction of sp³-hybridized carbons (Fsp3) is 0.345. The molecule has 1 aliphatic rings. The SMILES string of the molecule is Br.O=C(OCC1CCN(CCCOc2ccccc2)CC1)C(O)(c1ccccc1)c1ccccc1. The number of carbonyl (C=O) groups excluding carboxylic acids is 1. The van der Waals surface area contributed by atoms with Crippen molar-refractivity contribution in [1.29, 1.82) is 0 Å². The second kappa shape index (κ2) is 13.4. The summed E-state index contributed by atoms with van der Waals surface area (Å²) in [6.07, 6.45) is 2.93. The Kier molecular flexibility index (Phi) is 10.3. The van der Waals surface area contributed by atoms with Crippen LogP contribution >= 0.6 is 17.0 Å². The lowest BCUT2D eigenvalue weighted by Gasteiger charge is -2.33. The fourth-order valence-corrected chi connectivity index (χ4v) is 4.43. The van der Waals surface area contributed by atoms with Gasteiger partial charge in [0.1, 0.15) is 5.75 Å². The zero-order valence-electron chi connectivity index (χ0n) is 19.9. The zero-order valence-corrected chi connectivity index (χ0v) is 21.6. The highest BCUT2D eigenvalue weighted by atomic mass is 79.9. The van der Waals surface area contributed by atoms with Crippen molar-refractivity contribution in [3.63, 3.8) is 0 Å². The van der Waals surface area contributed by atoms with Gasteiger partial charge in [0.25, 0.3) is 0 Å². The van der Waals surface area contributed by atoms with Crippen LogP contribution in [-0.2, 0) is 15.1 Å². The van der Waals surface area contributed by atoms with Gasteiger partial charge in [-0.2, -0.15) is 0 Å². The number of likely N-dealkylation sites (tertiary alicyclic amines) is 1. The van der Waals surface area contributed by atoms with Crippen molar-refractivity contribution in [2.24, 2.45) is 5.92 Å². The Morgan fingerprint density at radius 2 is 1.37 bits per heavy atom. The molecule has 3 aromatic rings. The summed E-state index contributed by atoms with van der Waals surface area (Å²) in [6, 6.07) is 27.9. The Morgan fingerprint density at radius 3 is 1.91 bits per heavy atom. The van der Waals surface area contributed by atoms with Gasteiger partial charge in [0, 0.05) is 6.54 Å². The van der Waals surface area contributed by atoms with Crippen LogP contribution in [-0.4, -0.2) is 48.8 Å². The zero-order chi connectivity index (χ0) is 23.6. The average molecular weight is 540 g/mol. The second-order valence-corrected chi connectivity index (χ2v) is 8.84. The summed E-state index contributed by atoms with van der Waals surface area (Å²) in [5.41, 5.74) is -0.792. The molecule has 5 nitrogen and oxygen atoms in total. The number of carbonyl (C=O) groups is 1. The highest BCUT2D eigenvalue weighted by Gasteiger charge is 2.41. The van der Waals surface area contributed by atoms with E-state index in [1.165, 1.54) is 0 Å². The lowest BCUT2D eigenvalue weighted by Crippen LogP contribution is -2.41. The van der Waals surface area contributed by atoms with Gasteiger partial charge >= 0.3 is 5.97 Å². The minimum absolute atomic E-state index is 0. The first-order chi connectivity index (χ1) is 16.7. The van der Waals surface area contributed by atoms with E-state index in [4.69, 9.17) is 9.47 Å². The fourth-order valence-electron chi connectivity index (χ4n) is 4.43. The molecule has 1 aliphatic heterocycles. The Balaban J connectivity index is 0.00000342. The van der Waals surface area contributed by atoms with Crippen LogP contribution in [0, 0.1) is 5.92 Å². The quantitative estimate of drug-likeness (QED) is 0.282. The van der Waals surface area contributed by atoms with E-state index in [-0.39, 0.29) is 17.0 Å². The van der Waals surface area contributed by atoms with Gasteiger partial charge in [-0.1, -0.05) is 78.9 Å². The number of aliphatic hydroxyl groups is 1. The van der Waals surface area contributed by atoms with Gasteiger partial charge in [0.15, 0.2) is 0 Å². The number of rotatable bonds is 10. The number of hydrogen-bond acceptors (Lipinski definition) is 5. The molecule has 0 aliphatic carbocycles. The van der Waals surface area contributed by atoms with Gasteiger partial charge in [-0.15, -0.1) is 17.0 Å². The summed E-state index contributed by atoms with van der Waals surface area (Å²) >= 11 is 0. The minimum atomic E-state index is -1.82. The summed E-state index contributed by atoms with van der Waals surface area (Å²) in [4.78, 5) is 15.6. The Bertz CT molecular complexity index is 969. The summed E-state index contributed by atoms with van der Waals surface area (Å²) < 4.78 is 11.5. The number of benzene rings is 3. The predicted octanol–water partition coefficient (Wildman–Crippen LogP) is 5.22. The molecule has 1 N–H and O–H groups in total. The van der Waals surface area contributed by atoms with E-state index in [0.717, 1.165) is 44.6 Å². The van der Waals surface area contributed by atoms with E-state index in [9.17, 15) is 9.90 Å². The Hall–Kier alpha value is -2.67. The molecule has 0 spiro atoms. The first-order valence-electron chi connectivity index (χ1n) is 12.1. The second-order valence-electron chi connectivity index (χ2n) is 8.84. The van der Waals surface area contributed by atoms with Gasteiger partial charge < -0.3 is 19.5 Å². The monoisotopic (exact) mass is 539 g/mol. The molecule has 1 heterocycles. The molecule has 1 saturated heterocycles. The molecule has 0 atom stereocenters. The molecule has 186 valence electrons. The molecule has 0 aromatic heterocycles. The normalized spacial score (nSPS) is 14.7. The highest BCUT2D eigenvalue weighted by molar-refractivity contribution is 8.93. The van der Waals surface area contributed by atoms with Crippen LogP contribution in [0.5, 0.6) is 5.75 Å². The van der Waals surface area contributed by atoms with Crippen molar-refractivity contribution in [3.05, 3.63) is 102 Å². The molecule has 4 rings (SSSR count). The number of para-hydroxylation sites is 1. The number of halogens is 1.